The Hall–Kier alpha value is -3.13. The second-order valence-corrected chi connectivity index (χ2v) is 7.21. The average Bonchev–Trinajstić information content (AvgIpc) is 3.36. The molecule has 0 aliphatic rings. The predicted molar refractivity (Wildman–Crippen MR) is 103 cm³/mol. The van der Waals surface area contributed by atoms with Crippen LogP contribution in [0, 0.1) is 5.82 Å². The van der Waals surface area contributed by atoms with Crippen LogP contribution in [0.25, 0.3) is 16.0 Å². The molecule has 1 N–H and O–H groups in total. The lowest BCUT2D eigenvalue weighted by Gasteiger charge is -2.14. The van der Waals surface area contributed by atoms with E-state index in [1.807, 2.05) is 23.6 Å². The van der Waals surface area contributed by atoms with Crippen molar-refractivity contribution in [1.29, 1.82) is 0 Å². The second-order valence-electron chi connectivity index (χ2n) is 6.18. The van der Waals surface area contributed by atoms with E-state index >= 15 is 0 Å². The number of rotatable bonds is 5. The van der Waals surface area contributed by atoms with Crippen molar-refractivity contribution in [2.24, 2.45) is 0 Å². The molecule has 0 unspecified atom stereocenters. The summed E-state index contributed by atoms with van der Waals surface area (Å²) in [7, 11) is 3.78. The number of aromatic nitrogens is 2. The fourth-order valence-electron chi connectivity index (χ4n) is 2.76. The third-order valence-corrected chi connectivity index (χ3v) is 5.14. The molecule has 4 rings (SSSR count). The maximum absolute atomic E-state index is 13.3. The lowest BCUT2D eigenvalue weighted by molar-refractivity contribution is 0.0952. The summed E-state index contributed by atoms with van der Waals surface area (Å²) in [5.41, 5.74) is 1.50. The van der Waals surface area contributed by atoms with Gasteiger partial charge in [-0.15, -0.1) is 11.3 Å². The van der Waals surface area contributed by atoms with Crippen LogP contribution in [0.3, 0.4) is 0 Å². The number of nitrogens with zero attached hydrogens (tertiary/aromatic N) is 3. The second kappa shape index (κ2) is 6.88. The van der Waals surface area contributed by atoms with Crippen LogP contribution >= 0.6 is 11.3 Å². The van der Waals surface area contributed by atoms with Crippen molar-refractivity contribution in [3.63, 3.8) is 0 Å². The number of fused-ring (bicyclic) bond motifs is 1. The maximum Gasteiger partial charge on any atom is 0.261 e. The SMILES string of the molecule is CN(C)c1nc2cc(C(=O)NCc3ccco3)sc2n1-c1ccc(F)cc1. The lowest BCUT2D eigenvalue weighted by Crippen LogP contribution is -2.21. The first-order valence-electron chi connectivity index (χ1n) is 8.29. The molecule has 1 amide bonds. The molecule has 0 saturated heterocycles. The minimum absolute atomic E-state index is 0.188. The average molecular weight is 384 g/mol. The van der Waals surface area contributed by atoms with Crippen LogP contribution in [0.5, 0.6) is 0 Å². The summed E-state index contributed by atoms with van der Waals surface area (Å²) in [6, 6.07) is 11.6. The van der Waals surface area contributed by atoms with E-state index in [0.717, 1.165) is 16.0 Å². The Labute approximate surface area is 158 Å². The van der Waals surface area contributed by atoms with Crippen molar-refractivity contribution in [1.82, 2.24) is 14.9 Å². The van der Waals surface area contributed by atoms with Crippen LogP contribution in [-0.4, -0.2) is 29.6 Å². The van der Waals surface area contributed by atoms with E-state index < -0.39 is 0 Å². The molecule has 3 aromatic heterocycles. The van der Waals surface area contributed by atoms with Crippen LogP contribution in [0.15, 0.2) is 53.1 Å². The molecule has 0 aliphatic carbocycles. The summed E-state index contributed by atoms with van der Waals surface area (Å²) in [6.07, 6.45) is 1.57. The third kappa shape index (κ3) is 3.31. The molecule has 0 saturated carbocycles. The van der Waals surface area contributed by atoms with Gasteiger partial charge in [0.1, 0.15) is 21.9 Å². The topological polar surface area (TPSA) is 63.3 Å². The van der Waals surface area contributed by atoms with Gasteiger partial charge < -0.3 is 14.6 Å². The van der Waals surface area contributed by atoms with E-state index in [1.54, 1.807) is 36.6 Å². The summed E-state index contributed by atoms with van der Waals surface area (Å²) in [4.78, 5) is 20.4. The third-order valence-electron chi connectivity index (χ3n) is 4.03. The van der Waals surface area contributed by atoms with E-state index in [-0.39, 0.29) is 11.7 Å². The number of furan rings is 1. The van der Waals surface area contributed by atoms with E-state index in [9.17, 15) is 9.18 Å². The van der Waals surface area contributed by atoms with E-state index in [4.69, 9.17) is 4.42 Å². The molecule has 6 nitrogen and oxygen atoms in total. The highest BCUT2D eigenvalue weighted by Crippen LogP contribution is 2.32. The van der Waals surface area contributed by atoms with E-state index in [0.29, 0.717) is 23.1 Å². The van der Waals surface area contributed by atoms with Crippen LogP contribution in [-0.2, 0) is 6.54 Å². The highest BCUT2D eigenvalue weighted by atomic mass is 32.1. The molecule has 0 spiro atoms. The van der Waals surface area contributed by atoms with Gasteiger partial charge in [-0.25, -0.2) is 9.37 Å². The first-order chi connectivity index (χ1) is 13.0. The lowest BCUT2D eigenvalue weighted by atomic mass is 10.3. The van der Waals surface area contributed by atoms with Gasteiger partial charge in [-0.1, -0.05) is 0 Å². The standard InChI is InChI=1S/C19H17FN4O2S/c1-23(2)19-22-15-10-16(17(25)21-11-14-4-3-9-26-14)27-18(15)24(19)13-7-5-12(20)6-8-13/h3-10H,11H2,1-2H3,(H,21,25). The maximum atomic E-state index is 13.3. The van der Waals surface area contributed by atoms with Gasteiger partial charge in [0, 0.05) is 14.1 Å². The number of thiophene rings is 1. The smallest absolute Gasteiger partial charge is 0.261 e. The molecule has 0 radical (unpaired) electrons. The monoisotopic (exact) mass is 384 g/mol. The summed E-state index contributed by atoms with van der Waals surface area (Å²) in [6.45, 7) is 0.322. The van der Waals surface area contributed by atoms with Gasteiger partial charge in [0.15, 0.2) is 0 Å². The summed E-state index contributed by atoms with van der Waals surface area (Å²) >= 11 is 1.34. The molecular weight excluding hydrogens is 367 g/mol. The number of halogens is 1. The first kappa shape index (κ1) is 17.3. The first-order valence-corrected chi connectivity index (χ1v) is 9.10. The molecule has 8 heteroatoms. The molecule has 0 fully saturated rings. The normalized spacial score (nSPS) is 11.1. The molecule has 0 atom stereocenters. The van der Waals surface area contributed by atoms with Gasteiger partial charge in [-0.05, 0) is 42.5 Å². The Kier molecular flexibility index (Phi) is 4.41. The number of anilines is 1. The van der Waals surface area contributed by atoms with Gasteiger partial charge in [0.2, 0.25) is 5.95 Å². The quantitative estimate of drug-likeness (QED) is 0.568. The fraction of sp³-hybridized carbons (Fsp3) is 0.158. The Morgan fingerprint density at radius 3 is 2.74 bits per heavy atom. The van der Waals surface area contributed by atoms with Crippen molar-refractivity contribution in [2.45, 2.75) is 6.54 Å². The Morgan fingerprint density at radius 2 is 2.07 bits per heavy atom. The molecule has 138 valence electrons. The molecule has 3 heterocycles. The number of hydrogen-bond acceptors (Lipinski definition) is 5. The van der Waals surface area contributed by atoms with Crippen molar-refractivity contribution >= 4 is 33.5 Å². The van der Waals surface area contributed by atoms with Gasteiger partial charge in [0.05, 0.1) is 23.4 Å². The minimum atomic E-state index is -0.300. The zero-order chi connectivity index (χ0) is 19.0. The predicted octanol–water partition coefficient (Wildman–Crippen LogP) is 3.82. The van der Waals surface area contributed by atoms with Gasteiger partial charge in [-0.3, -0.25) is 9.36 Å². The molecule has 0 bridgehead atoms. The molecule has 1 aromatic carbocycles. The molecule has 4 aromatic rings. The highest BCUT2D eigenvalue weighted by molar-refractivity contribution is 7.20. The van der Waals surface area contributed by atoms with Gasteiger partial charge in [0.25, 0.3) is 5.91 Å². The van der Waals surface area contributed by atoms with Crippen molar-refractivity contribution in [3.8, 4) is 5.69 Å². The number of imidazole rings is 1. The van der Waals surface area contributed by atoms with Crippen LogP contribution < -0.4 is 10.2 Å². The van der Waals surface area contributed by atoms with Gasteiger partial charge >= 0.3 is 0 Å². The minimum Gasteiger partial charge on any atom is -0.467 e. The van der Waals surface area contributed by atoms with E-state index in [1.165, 1.54) is 23.5 Å². The van der Waals surface area contributed by atoms with Crippen LogP contribution in [0.2, 0.25) is 0 Å². The summed E-state index contributed by atoms with van der Waals surface area (Å²) in [5, 5.41) is 2.84. The van der Waals surface area contributed by atoms with Crippen LogP contribution in [0.1, 0.15) is 15.4 Å². The zero-order valence-corrected chi connectivity index (χ0v) is 15.6. The zero-order valence-electron chi connectivity index (χ0n) is 14.8. The number of carbonyl (C=O) groups excluding carboxylic acids is 1. The fourth-order valence-corrected chi connectivity index (χ4v) is 3.79. The largest absolute Gasteiger partial charge is 0.467 e. The van der Waals surface area contributed by atoms with Crippen molar-refractivity contribution in [3.05, 3.63) is 65.2 Å². The Balaban J connectivity index is 1.69. The van der Waals surface area contributed by atoms with E-state index in [2.05, 4.69) is 10.3 Å². The number of carbonyl (C=O) groups is 1. The Morgan fingerprint density at radius 1 is 1.30 bits per heavy atom. The van der Waals surface area contributed by atoms with Crippen LogP contribution in [0.4, 0.5) is 10.3 Å². The number of hydrogen-bond donors (Lipinski definition) is 1. The number of nitrogens with one attached hydrogen (secondary N) is 1. The molecule has 0 aliphatic heterocycles. The summed E-state index contributed by atoms with van der Waals surface area (Å²) in [5.74, 6) is 0.913. The highest BCUT2D eigenvalue weighted by Gasteiger charge is 2.20. The number of amides is 1. The summed E-state index contributed by atoms with van der Waals surface area (Å²) < 4.78 is 20.5. The molecular formula is C19H17FN4O2S. The molecule has 27 heavy (non-hydrogen) atoms. The van der Waals surface area contributed by atoms with Crippen molar-refractivity contribution in [2.75, 3.05) is 19.0 Å². The van der Waals surface area contributed by atoms with Gasteiger partial charge in [-0.2, -0.15) is 0 Å². The number of benzene rings is 1. The Bertz CT molecular complexity index is 1080. The van der Waals surface area contributed by atoms with Crippen molar-refractivity contribution < 1.29 is 13.6 Å².